The predicted octanol–water partition coefficient (Wildman–Crippen LogP) is 0.775. The van der Waals surface area contributed by atoms with Gasteiger partial charge in [0.15, 0.2) is 0 Å². The summed E-state index contributed by atoms with van der Waals surface area (Å²) in [7, 11) is -3.49. The van der Waals surface area contributed by atoms with Crippen LogP contribution >= 0.6 is 11.3 Å². The molecule has 0 radical (unpaired) electrons. The van der Waals surface area contributed by atoms with Crippen molar-refractivity contribution in [2.75, 3.05) is 31.5 Å². The van der Waals surface area contributed by atoms with Crippen molar-refractivity contribution in [3.05, 3.63) is 5.51 Å². The molecule has 0 bridgehead atoms. The van der Waals surface area contributed by atoms with Crippen LogP contribution in [0.4, 0.5) is 5.13 Å². The minimum absolute atomic E-state index is 0.198. The topological polar surface area (TPSA) is 95.5 Å². The maximum atomic E-state index is 12.5. The third kappa shape index (κ3) is 3.80. The molecule has 1 N–H and O–H groups in total. The van der Waals surface area contributed by atoms with E-state index in [0.717, 1.165) is 0 Å². The van der Waals surface area contributed by atoms with Crippen LogP contribution in [0, 0.1) is 5.92 Å². The molecule has 1 aromatic heterocycles. The minimum atomic E-state index is -3.49. The molecule has 22 heavy (non-hydrogen) atoms. The van der Waals surface area contributed by atoms with Gasteiger partial charge in [0, 0.05) is 26.2 Å². The number of hydrogen-bond acceptors (Lipinski definition) is 6. The molecule has 1 fully saturated rings. The monoisotopic (exact) mass is 347 g/mol. The Labute approximate surface area is 134 Å². The molecule has 1 aliphatic rings. The number of rotatable bonds is 6. The summed E-state index contributed by atoms with van der Waals surface area (Å²) in [5.41, 5.74) is 1.54. The molecule has 8 nitrogen and oxygen atoms in total. The lowest BCUT2D eigenvalue weighted by Gasteiger charge is -2.34. The molecule has 0 saturated carbocycles. The van der Waals surface area contributed by atoms with Crippen molar-refractivity contribution in [3.8, 4) is 0 Å². The Bertz CT molecular complexity index is 586. The van der Waals surface area contributed by atoms with E-state index in [1.807, 2.05) is 13.8 Å². The molecule has 2 heterocycles. The van der Waals surface area contributed by atoms with Crippen molar-refractivity contribution in [2.24, 2.45) is 5.92 Å². The van der Waals surface area contributed by atoms with E-state index in [9.17, 15) is 13.2 Å². The number of carbonyl (C=O) groups is 1. The van der Waals surface area contributed by atoms with Crippen LogP contribution < -0.4 is 5.32 Å². The van der Waals surface area contributed by atoms with Crippen molar-refractivity contribution < 1.29 is 13.2 Å². The number of hydrogen-bond donors (Lipinski definition) is 1. The summed E-state index contributed by atoms with van der Waals surface area (Å²) in [6, 6.07) is 0. The number of nitrogens with zero attached hydrogens (tertiary/aromatic N) is 4. The van der Waals surface area contributed by atoms with Crippen LogP contribution in [0.25, 0.3) is 0 Å². The third-order valence-electron chi connectivity index (χ3n) is 3.70. The molecule has 0 aromatic carbocycles. The maximum Gasteiger partial charge on any atom is 0.281 e. The van der Waals surface area contributed by atoms with Crippen LogP contribution in [0.2, 0.25) is 0 Å². The van der Waals surface area contributed by atoms with Crippen LogP contribution in [0.1, 0.15) is 26.7 Å². The first-order valence-corrected chi connectivity index (χ1v) is 9.59. The molecule has 1 aromatic rings. The summed E-state index contributed by atoms with van der Waals surface area (Å²) in [6.45, 7) is 5.15. The van der Waals surface area contributed by atoms with Gasteiger partial charge in [-0.2, -0.15) is 17.0 Å². The van der Waals surface area contributed by atoms with Gasteiger partial charge in [-0.1, -0.05) is 25.2 Å². The summed E-state index contributed by atoms with van der Waals surface area (Å²) in [5, 5.41) is 10.6. The first-order valence-electron chi connectivity index (χ1n) is 7.31. The standard InChI is InChI=1S/C12H21N5O3S2/c1-3-16(4-2)22(19,20)17-7-5-6-10(8-17)11(18)14-12-15-13-9-21-12/h9-10H,3-8H2,1-2H3,(H,14,15,18)/t10-/m0/s1. The Kier molecular flexibility index (Phi) is 5.84. The Morgan fingerprint density at radius 1 is 1.50 bits per heavy atom. The highest BCUT2D eigenvalue weighted by molar-refractivity contribution is 7.86. The zero-order chi connectivity index (χ0) is 16.2. The normalized spacial score (nSPS) is 20.2. The molecular formula is C12H21N5O3S2. The van der Waals surface area contributed by atoms with E-state index in [-0.39, 0.29) is 18.4 Å². The second kappa shape index (κ2) is 7.44. The molecule has 1 atom stereocenters. The fourth-order valence-electron chi connectivity index (χ4n) is 2.51. The highest BCUT2D eigenvalue weighted by atomic mass is 32.2. The number of piperidine rings is 1. The Hall–Kier alpha value is -1.10. The van der Waals surface area contributed by atoms with E-state index in [2.05, 4.69) is 15.5 Å². The molecule has 0 spiro atoms. The van der Waals surface area contributed by atoms with Gasteiger partial charge >= 0.3 is 0 Å². The van der Waals surface area contributed by atoms with Gasteiger partial charge in [-0.05, 0) is 12.8 Å². The van der Waals surface area contributed by atoms with Crippen LogP contribution in [0.3, 0.4) is 0 Å². The molecular weight excluding hydrogens is 326 g/mol. The third-order valence-corrected chi connectivity index (χ3v) is 6.46. The molecule has 124 valence electrons. The summed E-state index contributed by atoms with van der Waals surface area (Å²) in [5.74, 6) is -0.556. The van der Waals surface area contributed by atoms with E-state index < -0.39 is 10.2 Å². The van der Waals surface area contributed by atoms with Crippen LogP contribution in [-0.2, 0) is 15.0 Å². The van der Waals surface area contributed by atoms with E-state index in [4.69, 9.17) is 0 Å². The fourth-order valence-corrected chi connectivity index (χ4v) is 4.67. The average molecular weight is 347 g/mol. The number of carbonyl (C=O) groups excluding carboxylic acids is 1. The number of nitrogens with one attached hydrogen (secondary N) is 1. The van der Waals surface area contributed by atoms with E-state index in [0.29, 0.717) is 37.6 Å². The molecule has 1 aliphatic heterocycles. The lowest BCUT2D eigenvalue weighted by molar-refractivity contribution is -0.120. The van der Waals surface area contributed by atoms with Crippen molar-refractivity contribution in [3.63, 3.8) is 0 Å². The van der Waals surface area contributed by atoms with Crippen molar-refractivity contribution in [1.82, 2.24) is 18.8 Å². The van der Waals surface area contributed by atoms with Crippen LogP contribution in [0.5, 0.6) is 0 Å². The Morgan fingerprint density at radius 3 is 2.82 bits per heavy atom. The van der Waals surface area contributed by atoms with Crippen molar-refractivity contribution >= 4 is 32.6 Å². The van der Waals surface area contributed by atoms with E-state index in [1.54, 1.807) is 0 Å². The Morgan fingerprint density at radius 2 is 2.23 bits per heavy atom. The van der Waals surface area contributed by atoms with Gasteiger partial charge < -0.3 is 5.32 Å². The number of aromatic nitrogens is 2. The molecule has 2 rings (SSSR count). The molecule has 0 aliphatic carbocycles. The smallest absolute Gasteiger partial charge is 0.281 e. The largest absolute Gasteiger partial charge is 0.300 e. The highest BCUT2D eigenvalue weighted by Gasteiger charge is 2.35. The molecule has 1 amide bonds. The SMILES string of the molecule is CCN(CC)S(=O)(=O)N1CCC[C@H](C(=O)Nc2nncs2)C1. The highest BCUT2D eigenvalue weighted by Crippen LogP contribution is 2.22. The van der Waals surface area contributed by atoms with Crippen molar-refractivity contribution in [2.45, 2.75) is 26.7 Å². The second-order valence-corrected chi connectivity index (χ2v) is 7.78. The van der Waals surface area contributed by atoms with E-state index >= 15 is 0 Å². The van der Waals surface area contributed by atoms with Crippen LogP contribution in [0.15, 0.2) is 5.51 Å². The molecule has 1 saturated heterocycles. The maximum absolute atomic E-state index is 12.5. The quantitative estimate of drug-likeness (QED) is 0.820. The van der Waals surface area contributed by atoms with E-state index in [1.165, 1.54) is 25.5 Å². The van der Waals surface area contributed by atoms with Gasteiger partial charge in [0.2, 0.25) is 11.0 Å². The molecule has 10 heteroatoms. The van der Waals surface area contributed by atoms with Gasteiger partial charge in [-0.25, -0.2) is 0 Å². The summed E-state index contributed by atoms with van der Waals surface area (Å²) < 4.78 is 27.9. The van der Waals surface area contributed by atoms with Gasteiger partial charge in [-0.3, -0.25) is 4.79 Å². The fraction of sp³-hybridized carbons (Fsp3) is 0.750. The van der Waals surface area contributed by atoms with Gasteiger partial charge in [0.1, 0.15) is 5.51 Å². The summed E-state index contributed by atoms with van der Waals surface area (Å²) >= 11 is 1.24. The summed E-state index contributed by atoms with van der Waals surface area (Å²) in [6.07, 6.45) is 1.35. The first kappa shape index (κ1) is 17.3. The number of amides is 1. The van der Waals surface area contributed by atoms with Gasteiger partial charge in [-0.15, -0.1) is 10.2 Å². The van der Waals surface area contributed by atoms with Crippen molar-refractivity contribution in [1.29, 1.82) is 0 Å². The lowest BCUT2D eigenvalue weighted by atomic mass is 9.99. The van der Waals surface area contributed by atoms with Gasteiger partial charge in [0.25, 0.3) is 10.2 Å². The predicted molar refractivity (Wildman–Crippen MR) is 84.7 cm³/mol. The zero-order valence-corrected chi connectivity index (χ0v) is 14.4. The number of anilines is 1. The second-order valence-electron chi connectivity index (χ2n) is 5.02. The molecule has 0 unspecified atom stereocenters. The minimum Gasteiger partial charge on any atom is -0.300 e. The van der Waals surface area contributed by atoms with Gasteiger partial charge in [0.05, 0.1) is 5.92 Å². The summed E-state index contributed by atoms with van der Waals surface area (Å²) in [4.78, 5) is 12.2. The first-order chi connectivity index (χ1) is 10.5. The zero-order valence-electron chi connectivity index (χ0n) is 12.7. The average Bonchev–Trinajstić information content (AvgIpc) is 3.01. The lowest BCUT2D eigenvalue weighted by Crippen LogP contribution is -2.49. The van der Waals surface area contributed by atoms with Crippen LogP contribution in [-0.4, -0.2) is 59.3 Å². The Balaban J connectivity index is 2.03.